The molecule has 0 amide bonds. The first-order valence-corrected chi connectivity index (χ1v) is 5.64. The van der Waals surface area contributed by atoms with Gasteiger partial charge >= 0.3 is 0 Å². The predicted octanol–water partition coefficient (Wildman–Crippen LogP) is 2.00. The molecule has 1 aromatic heterocycles. The Bertz CT molecular complexity index is 500. The third-order valence-electron chi connectivity index (χ3n) is 3.10. The van der Waals surface area contributed by atoms with Crippen LogP contribution in [0.15, 0.2) is 18.2 Å². The molecule has 2 N–H and O–H groups in total. The number of hydrogen-bond acceptors (Lipinski definition) is 3. The molecule has 0 saturated carbocycles. The van der Waals surface area contributed by atoms with Crippen molar-refractivity contribution in [1.82, 2.24) is 15.3 Å². The fourth-order valence-corrected chi connectivity index (χ4v) is 2.22. The Balaban J connectivity index is 2.01. The van der Waals surface area contributed by atoms with E-state index in [0.29, 0.717) is 6.04 Å². The van der Waals surface area contributed by atoms with E-state index in [2.05, 4.69) is 15.3 Å². The van der Waals surface area contributed by atoms with Gasteiger partial charge in [-0.05, 0) is 31.5 Å². The van der Waals surface area contributed by atoms with Crippen LogP contribution in [0.2, 0.25) is 0 Å². The molecule has 2 aromatic rings. The summed E-state index contributed by atoms with van der Waals surface area (Å²) in [5, 5.41) is 3.44. The van der Waals surface area contributed by atoms with Gasteiger partial charge in [0.25, 0.3) is 0 Å². The minimum Gasteiger partial charge on any atom is -0.497 e. The van der Waals surface area contributed by atoms with Gasteiger partial charge < -0.3 is 15.0 Å². The van der Waals surface area contributed by atoms with Gasteiger partial charge in [-0.15, -0.1) is 0 Å². The van der Waals surface area contributed by atoms with Crippen LogP contribution in [0.5, 0.6) is 5.75 Å². The fraction of sp³-hybridized carbons (Fsp3) is 0.417. The van der Waals surface area contributed by atoms with E-state index in [1.807, 2.05) is 18.2 Å². The van der Waals surface area contributed by atoms with Crippen LogP contribution in [-0.2, 0) is 0 Å². The molecule has 1 atom stereocenters. The van der Waals surface area contributed by atoms with Gasteiger partial charge in [-0.25, -0.2) is 4.98 Å². The summed E-state index contributed by atoms with van der Waals surface area (Å²) in [4.78, 5) is 7.96. The number of H-pyrrole nitrogens is 1. The topological polar surface area (TPSA) is 49.9 Å². The Labute approximate surface area is 94.0 Å². The van der Waals surface area contributed by atoms with Gasteiger partial charge in [-0.3, -0.25) is 0 Å². The highest BCUT2D eigenvalue weighted by molar-refractivity contribution is 5.76. The van der Waals surface area contributed by atoms with E-state index in [4.69, 9.17) is 4.74 Å². The average Bonchev–Trinajstić information content (AvgIpc) is 2.96. The highest BCUT2D eigenvalue weighted by atomic mass is 16.5. The van der Waals surface area contributed by atoms with Gasteiger partial charge in [0.15, 0.2) is 0 Å². The van der Waals surface area contributed by atoms with Crippen molar-refractivity contribution in [2.75, 3.05) is 13.7 Å². The van der Waals surface area contributed by atoms with E-state index in [-0.39, 0.29) is 0 Å². The van der Waals surface area contributed by atoms with E-state index in [1.54, 1.807) is 7.11 Å². The van der Waals surface area contributed by atoms with Crippen LogP contribution in [0.4, 0.5) is 0 Å². The number of fused-ring (bicyclic) bond motifs is 1. The van der Waals surface area contributed by atoms with Crippen molar-refractivity contribution in [3.63, 3.8) is 0 Å². The van der Waals surface area contributed by atoms with Crippen LogP contribution in [0, 0.1) is 0 Å². The first kappa shape index (κ1) is 9.66. The fourth-order valence-electron chi connectivity index (χ4n) is 2.22. The third-order valence-corrected chi connectivity index (χ3v) is 3.10. The summed E-state index contributed by atoms with van der Waals surface area (Å²) in [5.41, 5.74) is 2.05. The second kappa shape index (κ2) is 3.79. The minimum absolute atomic E-state index is 0.387. The molecule has 0 spiro atoms. The van der Waals surface area contributed by atoms with E-state index >= 15 is 0 Å². The second-order valence-electron chi connectivity index (χ2n) is 4.15. The number of benzene rings is 1. The highest BCUT2D eigenvalue weighted by Crippen LogP contribution is 2.25. The SMILES string of the molecule is COc1ccc2nc(C3CCCN3)[nH]c2c1. The number of aromatic nitrogens is 2. The molecule has 4 heteroatoms. The van der Waals surface area contributed by atoms with Gasteiger partial charge in [0.2, 0.25) is 0 Å². The van der Waals surface area contributed by atoms with Crippen LogP contribution < -0.4 is 10.1 Å². The summed E-state index contributed by atoms with van der Waals surface area (Å²) in [6, 6.07) is 6.30. The zero-order chi connectivity index (χ0) is 11.0. The van der Waals surface area contributed by atoms with Gasteiger partial charge in [-0.2, -0.15) is 0 Å². The summed E-state index contributed by atoms with van der Waals surface area (Å²) >= 11 is 0. The van der Waals surface area contributed by atoms with Crippen LogP contribution in [0.3, 0.4) is 0 Å². The van der Waals surface area contributed by atoms with Crippen molar-refractivity contribution in [3.8, 4) is 5.75 Å². The molecule has 16 heavy (non-hydrogen) atoms. The summed E-state index contributed by atoms with van der Waals surface area (Å²) in [6.45, 7) is 1.09. The summed E-state index contributed by atoms with van der Waals surface area (Å²) in [5.74, 6) is 1.91. The van der Waals surface area contributed by atoms with E-state index in [0.717, 1.165) is 35.6 Å². The lowest BCUT2D eigenvalue weighted by Crippen LogP contribution is -2.13. The molecule has 0 bridgehead atoms. The predicted molar refractivity (Wildman–Crippen MR) is 62.6 cm³/mol. The van der Waals surface area contributed by atoms with Crippen LogP contribution >= 0.6 is 0 Å². The summed E-state index contributed by atoms with van der Waals surface area (Å²) in [6.07, 6.45) is 2.39. The molecule has 1 fully saturated rings. The number of hydrogen-bond donors (Lipinski definition) is 2. The largest absolute Gasteiger partial charge is 0.497 e. The first-order chi connectivity index (χ1) is 7.86. The molecule has 3 rings (SSSR count). The maximum atomic E-state index is 5.19. The summed E-state index contributed by atoms with van der Waals surface area (Å²) < 4.78 is 5.19. The van der Waals surface area contributed by atoms with Gasteiger partial charge in [0.05, 0.1) is 24.2 Å². The molecule has 0 radical (unpaired) electrons. The second-order valence-corrected chi connectivity index (χ2v) is 4.15. The van der Waals surface area contributed by atoms with Crippen LogP contribution in [0.1, 0.15) is 24.7 Å². The van der Waals surface area contributed by atoms with Crippen molar-refractivity contribution >= 4 is 11.0 Å². The monoisotopic (exact) mass is 217 g/mol. The molecule has 1 saturated heterocycles. The molecule has 1 aliphatic heterocycles. The maximum absolute atomic E-state index is 5.19. The zero-order valence-electron chi connectivity index (χ0n) is 9.29. The Kier molecular flexibility index (Phi) is 2.29. The maximum Gasteiger partial charge on any atom is 0.124 e. The third kappa shape index (κ3) is 1.55. The normalized spacial score (nSPS) is 20.4. The molecule has 84 valence electrons. The Hall–Kier alpha value is -1.55. The van der Waals surface area contributed by atoms with Crippen molar-refractivity contribution in [2.45, 2.75) is 18.9 Å². The standard InChI is InChI=1S/C12H15N3O/c1-16-8-4-5-9-11(7-8)15-12(14-9)10-3-2-6-13-10/h4-5,7,10,13H,2-3,6H2,1H3,(H,14,15). The lowest BCUT2D eigenvalue weighted by molar-refractivity contribution is 0.415. The van der Waals surface area contributed by atoms with E-state index in [1.165, 1.54) is 6.42 Å². The van der Waals surface area contributed by atoms with Crippen LogP contribution in [0.25, 0.3) is 11.0 Å². The van der Waals surface area contributed by atoms with Gasteiger partial charge in [0.1, 0.15) is 11.6 Å². The average molecular weight is 217 g/mol. The van der Waals surface area contributed by atoms with Crippen molar-refractivity contribution < 1.29 is 4.74 Å². The number of methoxy groups -OCH3 is 1. The van der Waals surface area contributed by atoms with Crippen molar-refractivity contribution in [1.29, 1.82) is 0 Å². The molecular formula is C12H15N3O. The lowest BCUT2D eigenvalue weighted by Gasteiger charge is -2.04. The number of ether oxygens (including phenoxy) is 1. The van der Waals surface area contributed by atoms with E-state index < -0.39 is 0 Å². The first-order valence-electron chi connectivity index (χ1n) is 5.64. The Morgan fingerprint density at radius 3 is 3.12 bits per heavy atom. The molecule has 1 aliphatic rings. The molecular weight excluding hydrogens is 202 g/mol. The number of rotatable bonds is 2. The number of nitrogens with zero attached hydrogens (tertiary/aromatic N) is 1. The van der Waals surface area contributed by atoms with E-state index in [9.17, 15) is 0 Å². The van der Waals surface area contributed by atoms with Crippen LogP contribution in [-0.4, -0.2) is 23.6 Å². The van der Waals surface area contributed by atoms with Crippen molar-refractivity contribution in [3.05, 3.63) is 24.0 Å². The molecule has 4 nitrogen and oxygen atoms in total. The molecule has 1 aromatic carbocycles. The number of aromatic amines is 1. The number of imidazole rings is 1. The smallest absolute Gasteiger partial charge is 0.124 e. The highest BCUT2D eigenvalue weighted by Gasteiger charge is 2.19. The van der Waals surface area contributed by atoms with Crippen molar-refractivity contribution in [2.24, 2.45) is 0 Å². The Morgan fingerprint density at radius 2 is 2.38 bits per heavy atom. The molecule has 1 unspecified atom stereocenters. The summed E-state index contributed by atoms with van der Waals surface area (Å²) in [7, 11) is 1.68. The van der Waals surface area contributed by atoms with Gasteiger partial charge in [0, 0.05) is 6.07 Å². The zero-order valence-corrected chi connectivity index (χ0v) is 9.29. The minimum atomic E-state index is 0.387. The Morgan fingerprint density at radius 1 is 1.44 bits per heavy atom. The van der Waals surface area contributed by atoms with Gasteiger partial charge in [-0.1, -0.05) is 0 Å². The number of nitrogens with one attached hydrogen (secondary N) is 2. The quantitative estimate of drug-likeness (QED) is 0.808. The molecule has 0 aliphatic carbocycles. The lowest BCUT2D eigenvalue weighted by atomic mass is 10.2. The molecule has 2 heterocycles.